The fourth-order valence-corrected chi connectivity index (χ4v) is 1.40. The van der Waals surface area contributed by atoms with E-state index >= 15 is 0 Å². The molecule has 1 unspecified atom stereocenters. The van der Waals surface area contributed by atoms with E-state index < -0.39 is 5.60 Å². The van der Waals surface area contributed by atoms with E-state index in [0.29, 0.717) is 18.1 Å². The average molecular weight is 225 g/mol. The first kappa shape index (κ1) is 12.8. The molecule has 0 saturated heterocycles. The van der Waals surface area contributed by atoms with E-state index in [1.165, 1.54) is 0 Å². The molecule has 90 valence electrons. The minimum absolute atomic E-state index is 0.158. The molecular formula is C12H19NO3. The lowest BCUT2D eigenvalue weighted by atomic mass is 9.96. The van der Waals surface area contributed by atoms with Gasteiger partial charge in [-0.05, 0) is 31.5 Å². The van der Waals surface area contributed by atoms with E-state index in [2.05, 4.69) is 0 Å². The second-order valence-electron chi connectivity index (χ2n) is 3.78. The van der Waals surface area contributed by atoms with Crippen molar-refractivity contribution in [2.75, 3.05) is 20.3 Å². The lowest BCUT2D eigenvalue weighted by Crippen LogP contribution is -2.31. The quantitative estimate of drug-likeness (QED) is 0.791. The van der Waals surface area contributed by atoms with Gasteiger partial charge in [0.25, 0.3) is 0 Å². The second kappa shape index (κ2) is 5.18. The molecule has 0 saturated carbocycles. The molecular weight excluding hydrogens is 206 g/mol. The predicted octanol–water partition coefficient (Wildman–Crippen LogP) is 1.26. The van der Waals surface area contributed by atoms with Crippen LogP contribution in [-0.4, -0.2) is 25.4 Å². The van der Waals surface area contributed by atoms with Gasteiger partial charge in [-0.2, -0.15) is 0 Å². The summed E-state index contributed by atoms with van der Waals surface area (Å²) in [6, 6.07) is 5.31. The first-order chi connectivity index (χ1) is 7.55. The number of methoxy groups -OCH3 is 1. The molecule has 0 aliphatic carbocycles. The number of benzene rings is 1. The van der Waals surface area contributed by atoms with Gasteiger partial charge >= 0.3 is 0 Å². The van der Waals surface area contributed by atoms with E-state index in [1.54, 1.807) is 32.2 Å². The van der Waals surface area contributed by atoms with Crippen molar-refractivity contribution in [1.82, 2.24) is 0 Å². The third kappa shape index (κ3) is 2.65. The number of rotatable bonds is 5. The summed E-state index contributed by atoms with van der Waals surface area (Å²) in [6.07, 6.45) is 0. The second-order valence-corrected chi connectivity index (χ2v) is 3.78. The fourth-order valence-electron chi connectivity index (χ4n) is 1.40. The molecule has 0 bridgehead atoms. The fraction of sp³-hybridized carbons (Fsp3) is 0.500. The minimum Gasteiger partial charge on any atom is -0.493 e. The third-order valence-electron chi connectivity index (χ3n) is 2.48. The summed E-state index contributed by atoms with van der Waals surface area (Å²) in [5, 5.41) is 10.0. The maximum Gasteiger partial charge on any atom is 0.161 e. The van der Waals surface area contributed by atoms with E-state index in [1.807, 2.05) is 6.92 Å². The Morgan fingerprint density at radius 3 is 2.56 bits per heavy atom. The molecule has 1 aromatic carbocycles. The van der Waals surface area contributed by atoms with E-state index in [9.17, 15) is 5.11 Å². The lowest BCUT2D eigenvalue weighted by Gasteiger charge is -2.22. The monoisotopic (exact) mass is 225 g/mol. The van der Waals surface area contributed by atoms with Gasteiger partial charge in [0.1, 0.15) is 0 Å². The third-order valence-corrected chi connectivity index (χ3v) is 2.48. The van der Waals surface area contributed by atoms with Crippen molar-refractivity contribution < 1.29 is 14.6 Å². The Labute approximate surface area is 96.0 Å². The van der Waals surface area contributed by atoms with Gasteiger partial charge < -0.3 is 20.3 Å². The Hall–Kier alpha value is -1.26. The molecule has 4 nitrogen and oxygen atoms in total. The highest BCUT2D eigenvalue weighted by molar-refractivity contribution is 5.44. The molecule has 16 heavy (non-hydrogen) atoms. The Morgan fingerprint density at radius 1 is 1.38 bits per heavy atom. The summed E-state index contributed by atoms with van der Waals surface area (Å²) in [7, 11) is 1.58. The smallest absolute Gasteiger partial charge is 0.161 e. The van der Waals surface area contributed by atoms with Gasteiger partial charge in [-0.3, -0.25) is 0 Å². The van der Waals surface area contributed by atoms with Crippen LogP contribution in [0.2, 0.25) is 0 Å². The van der Waals surface area contributed by atoms with Crippen molar-refractivity contribution in [3.63, 3.8) is 0 Å². The molecule has 1 atom stereocenters. The van der Waals surface area contributed by atoms with Crippen molar-refractivity contribution in [2.45, 2.75) is 19.4 Å². The molecule has 0 aliphatic rings. The molecule has 0 fully saturated rings. The van der Waals surface area contributed by atoms with Crippen molar-refractivity contribution in [1.29, 1.82) is 0 Å². The van der Waals surface area contributed by atoms with Gasteiger partial charge in [0, 0.05) is 6.54 Å². The average Bonchev–Trinajstić information content (AvgIpc) is 2.29. The van der Waals surface area contributed by atoms with Crippen LogP contribution < -0.4 is 15.2 Å². The highest BCUT2D eigenvalue weighted by Crippen LogP contribution is 2.31. The van der Waals surface area contributed by atoms with Crippen LogP contribution >= 0.6 is 0 Å². The molecule has 1 aromatic rings. The first-order valence-electron chi connectivity index (χ1n) is 5.29. The molecule has 3 N–H and O–H groups in total. The van der Waals surface area contributed by atoms with Crippen molar-refractivity contribution in [3.05, 3.63) is 23.8 Å². The van der Waals surface area contributed by atoms with E-state index in [-0.39, 0.29) is 6.54 Å². The Balaban J connectivity index is 3.11. The van der Waals surface area contributed by atoms with E-state index in [4.69, 9.17) is 15.2 Å². The van der Waals surface area contributed by atoms with Crippen LogP contribution in [0, 0.1) is 0 Å². The van der Waals surface area contributed by atoms with Crippen LogP contribution in [-0.2, 0) is 5.60 Å². The molecule has 4 heteroatoms. The molecule has 1 rings (SSSR count). The van der Waals surface area contributed by atoms with Crippen LogP contribution in [0.3, 0.4) is 0 Å². The highest BCUT2D eigenvalue weighted by atomic mass is 16.5. The summed E-state index contributed by atoms with van der Waals surface area (Å²) >= 11 is 0. The number of hydrogen-bond donors (Lipinski definition) is 2. The normalized spacial score (nSPS) is 14.3. The SMILES string of the molecule is CCOc1cc(C(C)(O)CN)ccc1OC. The van der Waals surface area contributed by atoms with E-state index in [0.717, 1.165) is 5.56 Å². The van der Waals surface area contributed by atoms with Gasteiger partial charge in [0.2, 0.25) is 0 Å². The number of nitrogens with two attached hydrogens (primary N) is 1. The maximum atomic E-state index is 10.0. The molecule has 0 aromatic heterocycles. The molecule has 0 amide bonds. The maximum absolute atomic E-state index is 10.0. The van der Waals surface area contributed by atoms with Crippen molar-refractivity contribution in [3.8, 4) is 11.5 Å². The molecule has 0 aliphatic heterocycles. The van der Waals surface area contributed by atoms with Gasteiger partial charge in [-0.1, -0.05) is 6.07 Å². The summed E-state index contributed by atoms with van der Waals surface area (Å²) in [4.78, 5) is 0. The Morgan fingerprint density at radius 2 is 2.06 bits per heavy atom. The zero-order valence-electron chi connectivity index (χ0n) is 9.99. The molecule has 0 heterocycles. The number of ether oxygens (including phenoxy) is 2. The van der Waals surface area contributed by atoms with Crippen LogP contribution in [0.5, 0.6) is 11.5 Å². The first-order valence-corrected chi connectivity index (χ1v) is 5.29. The van der Waals surface area contributed by atoms with Crippen LogP contribution in [0.15, 0.2) is 18.2 Å². The summed E-state index contributed by atoms with van der Waals surface area (Å²) in [5.41, 5.74) is 5.19. The zero-order chi connectivity index (χ0) is 12.2. The van der Waals surface area contributed by atoms with Gasteiger partial charge in [-0.25, -0.2) is 0 Å². The summed E-state index contributed by atoms with van der Waals surface area (Å²) in [6.45, 7) is 4.27. The van der Waals surface area contributed by atoms with Gasteiger partial charge in [0.05, 0.1) is 19.3 Å². The lowest BCUT2D eigenvalue weighted by molar-refractivity contribution is 0.0664. The number of aliphatic hydroxyl groups is 1. The topological polar surface area (TPSA) is 64.7 Å². The summed E-state index contributed by atoms with van der Waals surface area (Å²) < 4.78 is 10.6. The van der Waals surface area contributed by atoms with Crippen molar-refractivity contribution in [2.24, 2.45) is 5.73 Å². The predicted molar refractivity (Wildman–Crippen MR) is 62.8 cm³/mol. The number of hydrogen-bond acceptors (Lipinski definition) is 4. The zero-order valence-corrected chi connectivity index (χ0v) is 9.99. The molecule has 0 spiro atoms. The molecule has 0 radical (unpaired) electrons. The van der Waals surface area contributed by atoms with Crippen LogP contribution in [0.4, 0.5) is 0 Å². The van der Waals surface area contributed by atoms with Gasteiger partial charge in [0.15, 0.2) is 11.5 Å². The summed E-state index contributed by atoms with van der Waals surface area (Å²) in [5.74, 6) is 1.27. The standard InChI is InChI=1S/C12H19NO3/c1-4-16-11-7-9(12(2,14)8-13)5-6-10(11)15-3/h5-7,14H,4,8,13H2,1-3H3. The minimum atomic E-state index is -1.04. The van der Waals surface area contributed by atoms with Crippen LogP contribution in [0.1, 0.15) is 19.4 Å². The Bertz CT molecular complexity index is 350. The van der Waals surface area contributed by atoms with Crippen LogP contribution in [0.25, 0.3) is 0 Å². The highest BCUT2D eigenvalue weighted by Gasteiger charge is 2.22. The largest absolute Gasteiger partial charge is 0.493 e. The van der Waals surface area contributed by atoms with Crippen molar-refractivity contribution >= 4 is 0 Å². The Kier molecular flexibility index (Phi) is 4.15. The van der Waals surface area contributed by atoms with Gasteiger partial charge in [-0.15, -0.1) is 0 Å².